The summed E-state index contributed by atoms with van der Waals surface area (Å²) in [7, 11) is 3.28. The van der Waals surface area contributed by atoms with Crippen LogP contribution >= 0.6 is 11.3 Å². The minimum absolute atomic E-state index is 0.0965. The first-order valence-electron chi connectivity index (χ1n) is 10.3. The van der Waals surface area contributed by atoms with E-state index < -0.39 is 0 Å². The van der Waals surface area contributed by atoms with Crippen LogP contribution in [-0.4, -0.2) is 67.1 Å². The highest BCUT2D eigenvalue weighted by molar-refractivity contribution is 7.17. The van der Waals surface area contributed by atoms with Crippen LogP contribution in [0.1, 0.15) is 41.0 Å². The number of thiazole rings is 1. The quantitative estimate of drug-likeness (QED) is 0.743. The topological polar surface area (TPSA) is 54.9 Å². The van der Waals surface area contributed by atoms with Crippen molar-refractivity contribution in [2.75, 3.05) is 40.4 Å². The number of carbonyl (C=O) groups is 1. The average molecular weight is 416 g/mol. The molecule has 2 aromatic rings. The number of benzene rings is 1. The van der Waals surface area contributed by atoms with E-state index in [4.69, 9.17) is 9.47 Å². The lowest BCUT2D eigenvalue weighted by Gasteiger charge is -2.37. The molecule has 1 aromatic heterocycles. The van der Waals surface area contributed by atoms with Crippen LogP contribution in [0.4, 0.5) is 0 Å². The molecule has 1 aliphatic carbocycles. The molecule has 0 bridgehead atoms. The number of piperazine rings is 1. The van der Waals surface area contributed by atoms with Crippen LogP contribution in [0.15, 0.2) is 18.2 Å². The van der Waals surface area contributed by atoms with Crippen molar-refractivity contribution >= 4 is 17.2 Å². The van der Waals surface area contributed by atoms with Crippen molar-refractivity contribution in [1.82, 2.24) is 14.8 Å². The highest BCUT2D eigenvalue weighted by atomic mass is 32.1. The molecule has 0 atom stereocenters. The first-order valence-corrected chi connectivity index (χ1v) is 11.2. The Kier molecular flexibility index (Phi) is 6.06. The number of nitrogens with zero attached hydrogens (tertiary/aromatic N) is 3. The molecule has 156 valence electrons. The van der Waals surface area contributed by atoms with Crippen LogP contribution in [-0.2, 0) is 0 Å². The summed E-state index contributed by atoms with van der Waals surface area (Å²) in [6, 6.07) is 6.36. The van der Waals surface area contributed by atoms with Gasteiger partial charge in [0.1, 0.15) is 21.4 Å². The maximum Gasteiger partial charge on any atom is 0.265 e. The first-order chi connectivity index (χ1) is 14.1. The van der Waals surface area contributed by atoms with Crippen LogP contribution < -0.4 is 9.47 Å². The summed E-state index contributed by atoms with van der Waals surface area (Å²) in [5.41, 5.74) is 1.63. The molecule has 29 heavy (non-hydrogen) atoms. The average Bonchev–Trinajstić information content (AvgIpc) is 3.43. The fourth-order valence-electron chi connectivity index (χ4n) is 4.39. The number of aromatic nitrogens is 1. The van der Waals surface area contributed by atoms with Crippen LogP contribution in [0.2, 0.25) is 0 Å². The molecule has 0 radical (unpaired) electrons. The van der Waals surface area contributed by atoms with Gasteiger partial charge >= 0.3 is 0 Å². The van der Waals surface area contributed by atoms with Crippen molar-refractivity contribution in [2.45, 2.75) is 38.6 Å². The van der Waals surface area contributed by atoms with E-state index in [0.29, 0.717) is 0 Å². The van der Waals surface area contributed by atoms with Crippen LogP contribution in [0.3, 0.4) is 0 Å². The third-order valence-corrected chi connectivity index (χ3v) is 7.25. The molecule has 1 aliphatic heterocycles. The van der Waals surface area contributed by atoms with Crippen molar-refractivity contribution in [2.24, 2.45) is 0 Å². The second-order valence-corrected chi connectivity index (χ2v) is 8.77. The Morgan fingerprint density at radius 1 is 1.10 bits per heavy atom. The van der Waals surface area contributed by atoms with Gasteiger partial charge in [-0.1, -0.05) is 12.8 Å². The van der Waals surface area contributed by atoms with E-state index in [1.807, 2.05) is 30.0 Å². The lowest BCUT2D eigenvalue weighted by atomic mass is 10.1. The smallest absolute Gasteiger partial charge is 0.265 e. The monoisotopic (exact) mass is 415 g/mol. The van der Waals surface area contributed by atoms with Gasteiger partial charge in [0, 0.05) is 32.2 Å². The Balaban J connectivity index is 1.50. The molecule has 1 saturated heterocycles. The number of carbonyl (C=O) groups excluding carboxylic acids is 1. The highest BCUT2D eigenvalue weighted by Gasteiger charge is 2.30. The maximum absolute atomic E-state index is 13.2. The predicted octanol–water partition coefficient (Wildman–Crippen LogP) is 3.84. The molecule has 0 unspecified atom stereocenters. The number of ether oxygens (including phenoxy) is 2. The standard InChI is InChI=1S/C22H29N3O3S/c1-15-20(22(26)25-12-10-24(11-13-25)16-6-4-5-7-16)29-21(23-15)18-14-17(27-2)8-9-19(18)28-3/h8-9,14,16H,4-7,10-13H2,1-3H3. The van der Waals surface area contributed by atoms with Crippen molar-refractivity contribution in [3.63, 3.8) is 0 Å². The minimum Gasteiger partial charge on any atom is -0.497 e. The zero-order chi connectivity index (χ0) is 20.4. The number of hydrogen-bond donors (Lipinski definition) is 0. The van der Waals surface area contributed by atoms with E-state index in [1.54, 1.807) is 14.2 Å². The molecule has 4 rings (SSSR count). The van der Waals surface area contributed by atoms with Gasteiger partial charge in [0.25, 0.3) is 5.91 Å². The van der Waals surface area contributed by atoms with E-state index in [0.717, 1.165) is 64.9 Å². The van der Waals surface area contributed by atoms with E-state index in [2.05, 4.69) is 9.88 Å². The molecule has 2 fully saturated rings. The fraction of sp³-hybridized carbons (Fsp3) is 0.545. The maximum atomic E-state index is 13.2. The van der Waals surface area contributed by atoms with E-state index in [1.165, 1.54) is 37.0 Å². The molecule has 2 heterocycles. The molecule has 1 aromatic carbocycles. The summed E-state index contributed by atoms with van der Waals surface area (Å²) in [5.74, 6) is 1.56. The Morgan fingerprint density at radius 3 is 2.48 bits per heavy atom. The normalized spacial score (nSPS) is 18.2. The van der Waals surface area contributed by atoms with Gasteiger partial charge in [-0.05, 0) is 38.0 Å². The molecule has 1 saturated carbocycles. The Bertz CT molecular complexity index is 868. The van der Waals surface area contributed by atoms with Crippen molar-refractivity contribution in [3.05, 3.63) is 28.8 Å². The number of amides is 1. The Labute approximate surface area is 176 Å². The van der Waals surface area contributed by atoms with Gasteiger partial charge in [-0.2, -0.15) is 0 Å². The van der Waals surface area contributed by atoms with Crippen LogP contribution in [0.25, 0.3) is 10.6 Å². The summed E-state index contributed by atoms with van der Waals surface area (Å²) in [4.78, 5) is 23.2. The van der Waals surface area contributed by atoms with Crippen LogP contribution in [0.5, 0.6) is 11.5 Å². The third-order valence-electron chi connectivity index (χ3n) is 6.07. The van der Waals surface area contributed by atoms with Crippen molar-refractivity contribution in [1.29, 1.82) is 0 Å². The van der Waals surface area contributed by atoms with Crippen LogP contribution in [0, 0.1) is 6.92 Å². The van der Waals surface area contributed by atoms with Crippen molar-refractivity contribution in [3.8, 4) is 22.1 Å². The molecular weight excluding hydrogens is 386 g/mol. The van der Waals surface area contributed by atoms with Gasteiger partial charge in [-0.15, -0.1) is 11.3 Å². The number of methoxy groups -OCH3 is 2. The fourth-order valence-corrected chi connectivity index (χ4v) is 5.45. The number of aryl methyl sites for hydroxylation is 1. The van der Waals surface area contributed by atoms with E-state index in [9.17, 15) is 4.79 Å². The Morgan fingerprint density at radius 2 is 1.83 bits per heavy atom. The summed E-state index contributed by atoms with van der Waals surface area (Å²) < 4.78 is 10.8. The van der Waals surface area contributed by atoms with Gasteiger partial charge in [-0.3, -0.25) is 9.69 Å². The minimum atomic E-state index is 0.0965. The lowest BCUT2D eigenvalue weighted by Crippen LogP contribution is -2.51. The first kappa shape index (κ1) is 20.2. The van der Waals surface area contributed by atoms with E-state index >= 15 is 0 Å². The summed E-state index contributed by atoms with van der Waals surface area (Å²) in [5, 5.41) is 0.784. The second-order valence-electron chi connectivity index (χ2n) is 7.77. The zero-order valence-corrected chi connectivity index (χ0v) is 18.3. The molecule has 1 amide bonds. The molecule has 7 heteroatoms. The van der Waals surface area contributed by atoms with E-state index in [-0.39, 0.29) is 5.91 Å². The van der Waals surface area contributed by atoms with Gasteiger partial charge in [-0.25, -0.2) is 4.98 Å². The number of rotatable bonds is 5. The highest BCUT2D eigenvalue weighted by Crippen LogP contribution is 2.37. The molecule has 6 nitrogen and oxygen atoms in total. The van der Waals surface area contributed by atoms with Gasteiger partial charge in [0.2, 0.25) is 0 Å². The zero-order valence-electron chi connectivity index (χ0n) is 17.4. The van der Waals surface area contributed by atoms with Crippen molar-refractivity contribution < 1.29 is 14.3 Å². The molecule has 2 aliphatic rings. The molecule has 0 N–H and O–H groups in total. The Hall–Kier alpha value is -2.12. The van der Waals surface area contributed by atoms with Gasteiger partial charge in [0.05, 0.1) is 25.5 Å². The largest absolute Gasteiger partial charge is 0.497 e. The molecular formula is C22H29N3O3S. The third kappa shape index (κ3) is 4.12. The second kappa shape index (κ2) is 8.71. The summed E-state index contributed by atoms with van der Waals surface area (Å²) >= 11 is 1.44. The summed E-state index contributed by atoms with van der Waals surface area (Å²) in [6.45, 7) is 5.46. The molecule has 0 spiro atoms. The van der Waals surface area contributed by atoms with Gasteiger partial charge in [0.15, 0.2) is 0 Å². The lowest BCUT2D eigenvalue weighted by molar-refractivity contribution is 0.0577. The number of hydrogen-bond acceptors (Lipinski definition) is 6. The SMILES string of the molecule is COc1ccc(OC)c(-c2nc(C)c(C(=O)N3CCN(C4CCCC4)CC3)s2)c1. The van der Waals surface area contributed by atoms with Gasteiger partial charge < -0.3 is 14.4 Å². The summed E-state index contributed by atoms with van der Waals surface area (Å²) in [6.07, 6.45) is 5.32. The predicted molar refractivity (Wildman–Crippen MR) is 115 cm³/mol.